The summed E-state index contributed by atoms with van der Waals surface area (Å²) in [4.78, 5) is 57.3. The first kappa shape index (κ1) is 21.3. The van der Waals surface area contributed by atoms with Crippen LogP contribution in [0.25, 0.3) is 33.1 Å². The van der Waals surface area contributed by atoms with Gasteiger partial charge in [0.1, 0.15) is 11.2 Å². The van der Waals surface area contributed by atoms with E-state index < -0.39 is 27.4 Å². The first-order chi connectivity index (χ1) is 14.0. The second-order valence-electron chi connectivity index (χ2n) is 7.07. The van der Waals surface area contributed by atoms with Crippen LogP contribution in [0.2, 0.25) is 0 Å². The zero-order valence-corrected chi connectivity index (χ0v) is 17.3. The SMILES string of the molecule is OC(Cc1cccc(-c2cccc3c2oc2ccccc23)c1)([P+](O)(O)O)[P+](O)(O)O. The van der Waals surface area contributed by atoms with E-state index in [0.717, 1.165) is 21.9 Å². The molecule has 0 amide bonds. The van der Waals surface area contributed by atoms with Gasteiger partial charge in [0.2, 0.25) is 0 Å². The molecule has 0 spiro atoms. The van der Waals surface area contributed by atoms with Gasteiger partial charge in [0, 0.05) is 16.3 Å². The molecule has 0 unspecified atom stereocenters. The summed E-state index contributed by atoms with van der Waals surface area (Å²) < 4.78 is 6.01. The molecule has 156 valence electrons. The van der Waals surface area contributed by atoms with E-state index in [1.807, 2.05) is 42.5 Å². The number of furan rings is 1. The predicted molar refractivity (Wildman–Crippen MR) is 115 cm³/mol. The first-order valence-electron chi connectivity index (χ1n) is 8.88. The van der Waals surface area contributed by atoms with Crippen molar-refractivity contribution < 1.29 is 38.9 Å². The standard InChI is InChI=1S/C20H20O8P2/c21-20(29(22,23)24,30(25,26)27)12-13-5-3-6-14(11-13)15-8-4-9-17-16-7-1-2-10-18(16)28-19(15)17/h1-11,21-27H,12H2/q+2. The van der Waals surface area contributed by atoms with Crippen molar-refractivity contribution in [2.24, 2.45) is 0 Å². The number of para-hydroxylation sites is 2. The van der Waals surface area contributed by atoms with Gasteiger partial charge in [0.25, 0.3) is 0 Å². The van der Waals surface area contributed by atoms with Gasteiger partial charge in [0.05, 0.1) is 6.42 Å². The van der Waals surface area contributed by atoms with E-state index >= 15 is 0 Å². The van der Waals surface area contributed by atoms with Crippen LogP contribution in [-0.4, -0.2) is 39.6 Å². The Morgan fingerprint density at radius 3 is 2.07 bits per heavy atom. The number of rotatable bonds is 5. The van der Waals surface area contributed by atoms with Crippen molar-refractivity contribution in [3.8, 4) is 11.1 Å². The van der Waals surface area contributed by atoms with Gasteiger partial charge >= 0.3 is 21.0 Å². The number of hydrogen-bond donors (Lipinski definition) is 7. The highest BCUT2D eigenvalue weighted by Crippen LogP contribution is 2.76. The summed E-state index contributed by atoms with van der Waals surface area (Å²) >= 11 is 0. The van der Waals surface area contributed by atoms with E-state index in [4.69, 9.17) is 4.42 Å². The lowest BCUT2D eigenvalue weighted by molar-refractivity contribution is 0.104. The Labute approximate surface area is 172 Å². The Kier molecular flexibility index (Phi) is 5.19. The van der Waals surface area contributed by atoms with Crippen LogP contribution in [0.3, 0.4) is 0 Å². The van der Waals surface area contributed by atoms with Crippen LogP contribution in [0.15, 0.2) is 71.1 Å². The van der Waals surface area contributed by atoms with Gasteiger partial charge in [0.15, 0.2) is 0 Å². The summed E-state index contributed by atoms with van der Waals surface area (Å²) in [6.07, 6.45) is -0.800. The maximum Gasteiger partial charge on any atom is 0.489 e. The van der Waals surface area contributed by atoms with E-state index in [9.17, 15) is 34.5 Å². The van der Waals surface area contributed by atoms with Crippen molar-refractivity contribution in [1.82, 2.24) is 0 Å². The third-order valence-corrected chi connectivity index (χ3v) is 8.89. The molecule has 0 fully saturated rings. The molecule has 3 aromatic carbocycles. The van der Waals surface area contributed by atoms with Crippen molar-refractivity contribution in [2.45, 2.75) is 11.5 Å². The average molecular weight is 450 g/mol. The zero-order valence-electron chi connectivity index (χ0n) is 15.5. The van der Waals surface area contributed by atoms with Crippen LogP contribution in [0.1, 0.15) is 5.56 Å². The lowest BCUT2D eigenvalue weighted by atomic mass is 9.99. The highest BCUT2D eigenvalue weighted by Gasteiger charge is 2.78. The summed E-state index contributed by atoms with van der Waals surface area (Å²) in [6.45, 7) is 0. The molecule has 7 N–H and O–H groups in total. The summed E-state index contributed by atoms with van der Waals surface area (Å²) in [6, 6.07) is 19.6. The molecule has 0 aliphatic heterocycles. The lowest BCUT2D eigenvalue weighted by Gasteiger charge is -2.25. The van der Waals surface area contributed by atoms with Gasteiger partial charge in [-0.1, -0.05) is 60.7 Å². The summed E-state index contributed by atoms with van der Waals surface area (Å²) in [5.74, 6) is 0. The topological polar surface area (TPSA) is 155 Å². The Hall–Kier alpha value is -1.96. The van der Waals surface area contributed by atoms with Gasteiger partial charge in [-0.2, -0.15) is 29.4 Å². The molecule has 1 heterocycles. The molecule has 4 aromatic rings. The van der Waals surface area contributed by atoms with Gasteiger partial charge in [-0.25, -0.2) is 0 Å². The average Bonchev–Trinajstić information content (AvgIpc) is 3.05. The molecule has 0 saturated carbocycles. The van der Waals surface area contributed by atoms with Gasteiger partial charge in [-0.3, -0.25) is 0 Å². The lowest BCUT2D eigenvalue weighted by Crippen LogP contribution is -2.37. The monoisotopic (exact) mass is 450 g/mol. The van der Waals surface area contributed by atoms with Crippen LogP contribution in [0.4, 0.5) is 0 Å². The van der Waals surface area contributed by atoms with E-state index in [-0.39, 0.29) is 5.56 Å². The molecule has 10 heteroatoms. The number of hydrogen-bond acceptors (Lipinski definition) is 8. The van der Waals surface area contributed by atoms with Crippen molar-refractivity contribution in [3.05, 3.63) is 72.3 Å². The van der Waals surface area contributed by atoms with Crippen LogP contribution in [-0.2, 0) is 6.42 Å². The van der Waals surface area contributed by atoms with Gasteiger partial charge in [-0.15, -0.1) is 0 Å². The quantitative estimate of drug-likeness (QED) is 0.229. The smallest absolute Gasteiger partial charge is 0.455 e. The van der Waals surface area contributed by atoms with Crippen LogP contribution in [0, 0.1) is 0 Å². The Bertz CT molecular complexity index is 1210. The second kappa shape index (κ2) is 7.32. The van der Waals surface area contributed by atoms with Crippen LogP contribution < -0.4 is 0 Å². The van der Waals surface area contributed by atoms with E-state index in [2.05, 4.69) is 0 Å². The van der Waals surface area contributed by atoms with Crippen molar-refractivity contribution in [1.29, 1.82) is 0 Å². The normalized spacial score (nSPS) is 13.3. The summed E-state index contributed by atoms with van der Waals surface area (Å²) in [5, 5.41) is 8.91. The molecule has 0 aliphatic rings. The van der Waals surface area contributed by atoms with Crippen molar-refractivity contribution in [2.75, 3.05) is 0 Å². The molecule has 0 aliphatic carbocycles. The molecular weight excluding hydrogens is 430 g/mol. The van der Waals surface area contributed by atoms with Crippen LogP contribution >= 0.6 is 15.9 Å². The predicted octanol–water partition coefficient (Wildman–Crippen LogP) is 2.92. The molecule has 0 radical (unpaired) electrons. The third kappa shape index (κ3) is 3.53. The van der Waals surface area contributed by atoms with E-state index in [0.29, 0.717) is 11.1 Å². The minimum absolute atomic E-state index is 0.228. The highest BCUT2D eigenvalue weighted by molar-refractivity contribution is 7.78. The Morgan fingerprint density at radius 1 is 0.733 bits per heavy atom. The molecule has 1 aromatic heterocycles. The Morgan fingerprint density at radius 2 is 1.37 bits per heavy atom. The maximum absolute atomic E-state index is 10.3. The Balaban J connectivity index is 1.81. The van der Waals surface area contributed by atoms with Crippen LogP contribution in [0.5, 0.6) is 0 Å². The molecule has 0 atom stereocenters. The molecular formula is C20H20O8P2+2. The molecule has 0 bridgehead atoms. The maximum atomic E-state index is 10.3. The number of aliphatic hydroxyl groups is 1. The van der Waals surface area contributed by atoms with Crippen molar-refractivity contribution in [3.63, 3.8) is 0 Å². The van der Waals surface area contributed by atoms with Gasteiger partial charge in [-0.05, 0) is 17.2 Å². The summed E-state index contributed by atoms with van der Waals surface area (Å²) in [7, 11) is -10.5. The fourth-order valence-electron chi connectivity index (χ4n) is 3.49. The number of fused-ring (bicyclic) bond motifs is 3. The fraction of sp³-hybridized carbons (Fsp3) is 0.100. The fourth-order valence-corrected chi connectivity index (χ4v) is 5.72. The zero-order chi connectivity index (χ0) is 21.7. The number of benzene rings is 3. The molecule has 4 rings (SSSR count). The first-order valence-corrected chi connectivity index (χ1v) is 12.2. The molecule has 30 heavy (non-hydrogen) atoms. The highest BCUT2D eigenvalue weighted by atomic mass is 31.3. The molecule has 8 nitrogen and oxygen atoms in total. The minimum atomic E-state index is -5.23. The summed E-state index contributed by atoms with van der Waals surface area (Å²) in [5.41, 5.74) is 2.95. The van der Waals surface area contributed by atoms with Gasteiger partial charge < -0.3 is 9.52 Å². The van der Waals surface area contributed by atoms with E-state index in [1.54, 1.807) is 18.2 Å². The third-order valence-electron chi connectivity index (χ3n) is 5.04. The second-order valence-corrected chi connectivity index (χ2v) is 11.2. The molecule has 0 saturated heterocycles. The largest absolute Gasteiger partial charge is 0.489 e. The minimum Gasteiger partial charge on any atom is -0.455 e. The van der Waals surface area contributed by atoms with Crippen molar-refractivity contribution >= 4 is 37.8 Å². The van der Waals surface area contributed by atoms with E-state index in [1.165, 1.54) is 6.07 Å².